The molecule has 0 radical (unpaired) electrons. The summed E-state index contributed by atoms with van der Waals surface area (Å²) in [6, 6.07) is 18.4. The Hall–Kier alpha value is -2.06. The van der Waals surface area contributed by atoms with Crippen LogP contribution in [-0.2, 0) is 11.3 Å². The van der Waals surface area contributed by atoms with Crippen LogP contribution in [0.25, 0.3) is 0 Å². The summed E-state index contributed by atoms with van der Waals surface area (Å²) in [6.45, 7) is 5.23. The average molecular weight is 282 g/mol. The van der Waals surface area contributed by atoms with Crippen molar-refractivity contribution in [2.24, 2.45) is 0 Å². The summed E-state index contributed by atoms with van der Waals surface area (Å²) >= 11 is 0. The molecule has 0 heterocycles. The fraction of sp³-hybridized carbons (Fsp3) is 0.263. The second-order valence-corrected chi connectivity index (χ2v) is 4.97. The number of allylic oxidation sites excluding steroid dienone is 1. The van der Waals surface area contributed by atoms with Crippen molar-refractivity contribution < 1.29 is 9.47 Å². The molecule has 0 aliphatic carbocycles. The molecule has 0 bridgehead atoms. The van der Waals surface area contributed by atoms with E-state index in [-0.39, 0.29) is 0 Å². The summed E-state index contributed by atoms with van der Waals surface area (Å²) in [5.41, 5.74) is 2.38. The molecular formula is C19H22O2. The van der Waals surface area contributed by atoms with Crippen LogP contribution < -0.4 is 4.74 Å². The second-order valence-electron chi connectivity index (χ2n) is 4.97. The van der Waals surface area contributed by atoms with Crippen molar-refractivity contribution in [1.29, 1.82) is 0 Å². The summed E-state index contributed by atoms with van der Waals surface area (Å²) in [5, 5.41) is 0. The molecule has 2 heteroatoms. The number of rotatable bonds is 8. The quantitative estimate of drug-likeness (QED) is 0.660. The van der Waals surface area contributed by atoms with Crippen molar-refractivity contribution in [3.8, 4) is 5.75 Å². The first kappa shape index (κ1) is 15.3. The number of hydrogen-bond donors (Lipinski definition) is 0. The zero-order valence-corrected chi connectivity index (χ0v) is 12.5. The first-order valence-electron chi connectivity index (χ1n) is 7.21. The maximum Gasteiger partial charge on any atom is 0.120 e. The van der Waals surface area contributed by atoms with Gasteiger partial charge in [-0.3, -0.25) is 0 Å². The highest BCUT2D eigenvalue weighted by Crippen LogP contribution is 2.25. The van der Waals surface area contributed by atoms with Gasteiger partial charge in [-0.15, -0.1) is 6.58 Å². The van der Waals surface area contributed by atoms with Crippen LogP contribution in [0.5, 0.6) is 5.75 Å². The Morgan fingerprint density at radius 1 is 1.10 bits per heavy atom. The van der Waals surface area contributed by atoms with E-state index in [1.807, 2.05) is 36.4 Å². The minimum absolute atomic E-state index is 0.297. The first-order valence-corrected chi connectivity index (χ1v) is 7.21. The molecule has 0 spiro atoms. The van der Waals surface area contributed by atoms with Gasteiger partial charge in [-0.25, -0.2) is 0 Å². The number of benzene rings is 2. The fourth-order valence-electron chi connectivity index (χ4n) is 2.24. The molecule has 21 heavy (non-hydrogen) atoms. The molecule has 2 nitrogen and oxygen atoms in total. The molecule has 0 aliphatic rings. The molecule has 1 unspecified atom stereocenters. The molecule has 0 saturated heterocycles. The highest BCUT2D eigenvalue weighted by molar-refractivity contribution is 5.33. The molecule has 0 aromatic heterocycles. The van der Waals surface area contributed by atoms with Crippen LogP contribution in [0.15, 0.2) is 67.3 Å². The van der Waals surface area contributed by atoms with Gasteiger partial charge >= 0.3 is 0 Å². The second kappa shape index (κ2) is 8.28. The molecule has 0 saturated carbocycles. The molecule has 0 amide bonds. The Labute approximate surface area is 127 Å². The van der Waals surface area contributed by atoms with E-state index in [2.05, 4.69) is 30.8 Å². The number of methoxy groups -OCH3 is 1. The normalized spacial score (nSPS) is 11.9. The highest BCUT2D eigenvalue weighted by Gasteiger charge is 2.08. The topological polar surface area (TPSA) is 18.5 Å². The predicted octanol–water partition coefficient (Wildman–Crippen LogP) is 4.57. The summed E-state index contributed by atoms with van der Waals surface area (Å²) in [6.07, 6.45) is 2.90. The molecule has 2 aromatic rings. The van der Waals surface area contributed by atoms with Crippen LogP contribution in [0.4, 0.5) is 0 Å². The molecule has 1 atom stereocenters. The molecule has 110 valence electrons. The molecule has 0 fully saturated rings. The third-order valence-corrected chi connectivity index (χ3v) is 3.45. The largest absolute Gasteiger partial charge is 0.489 e. The number of ether oxygens (including phenoxy) is 2. The van der Waals surface area contributed by atoms with Gasteiger partial charge in [0.1, 0.15) is 12.4 Å². The van der Waals surface area contributed by atoms with Gasteiger partial charge in [-0.1, -0.05) is 48.5 Å². The summed E-state index contributed by atoms with van der Waals surface area (Å²) in [7, 11) is 1.72. The van der Waals surface area contributed by atoms with Crippen molar-refractivity contribution in [3.05, 3.63) is 78.4 Å². The van der Waals surface area contributed by atoms with Gasteiger partial charge in [0.25, 0.3) is 0 Å². The summed E-state index contributed by atoms with van der Waals surface area (Å²) in [5.74, 6) is 1.19. The lowest BCUT2D eigenvalue weighted by Gasteiger charge is -2.14. The van der Waals surface area contributed by atoms with E-state index in [4.69, 9.17) is 9.47 Å². The molecular weight excluding hydrogens is 260 g/mol. The monoisotopic (exact) mass is 282 g/mol. The lowest BCUT2D eigenvalue weighted by Crippen LogP contribution is -2.01. The van der Waals surface area contributed by atoms with Crippen LogP contribution in [0.1, 0.15) is 23.5 Å². The fourth-order valence-corrected chi connectivity index (χ4v) is 2.24. The third-order valence-electron chi connectivity index (χ3n) is 3.45. The van der Waals surface area contributed by atoms with Crippen molar-refractivity contribution >= 4 is 0 Å². The predicted molar refractivity (Wildman–Crippen MR) is 86.6 cm³/mol. The Kier molecular flexibility index (Phi) is 6.04. The SMILES string of the molecule is C=CC(CCOC)c1cccc(OCc2ccccc2)c1. The summed E-state index contributed by atoms with van der Waals surface area (Å²) < 4.78 is 11.0. The highest BCUT2D eigenvalue weighted by atomic mass is 16.5. The third kappa shape index (κ3) is 4.76. The Morgan fingerprint density at radius 3 is 2.62 bits per heavy atom. The molecule has 2 rings (SSSR count). The van der Waals surface area contributed by atoms with E-state index in [0.717, 1.165) is 18.8 Å². The van der Waals surface area contributed by atoms with Crippen molar-refractivity contribution in [3.63, 3.8) is 0 Å². The Balaban J connectivity index is 2.01. The standard InChI is InChI=1S/C19H22O2/c1-3-17(12-13-20-2)18-10-7-11-19(14-18)21-15-16-8-5-4-6-9-16/h3-11,14,17H,1,12-13,15H2,2H3. The van der Waals surface area contributed by atoms with Gasteiger partial charge in [-0.2, -0.15) is 0 Å². The summed E-state index contributed by atoms with van der Waals surface area (Å²) in [4.78, 5) is 0. The van der Waals surface area contributed by atoms with Gasteiger partial charge in [-0.05, 0) is 29.7 Å². The van der Waals surface area contributed by atoms with Crippen LogP contribution in [0.2, 0.25) is 0 Å². The zero-order valence-electron chi connectivity index (χ0n) is 12.5. The Morgan fingerprint density at radius 2 is 1.90 bits per heavy atom. The van der Waals surface area contributed by atoms with Gasteiger partial charge in [0.05, 0.1) is 0 Å². The maximum absolute atomic E-state index is 5.87. The van der Waals surface area contributed by atoms with E-state index in [1.54, 1.807) is 7.11 Å². The minimum Gasteiger partial charge on any atom is -0.489 e. The van der Waals surface area contributed by atoms with E-state index < -0.39 is 0 Å². The van der Waals surface area contributed by atoms with Gasteiger partial charge in [0.2, 0.25) is 0 Å². The molecule has 2 aromatic carbocycles. The van der Waals surface area contributed by atoms with Crippen LogP contribution >= 0.6 is 0 Å². The maximum atomic E-state index is 5.87. The zero-order chi connectivity index (χ0) is 14.9. The van der Waals surface area contributed by atoms with E-state index in [1.165, 1.54) is 11.1 Å². The van der Waals surface area contributed by atoms with E-state index in [0.29, 0.717) is 12.5 Å². The average Bonchev–Trinajstić information content (AvgIpc) is 2.55. The lowest BCUT2D eigenvalue weighted by molar-refractivity contribution is 0.191. The van der Waals surface area contributed by atoms with Gasteiger partial charge in [0.15, 0.2) is 0 Å². The smallest absolute Gasteiger partial charge is 0.120 e. The van der Waals surface area contributed by atoms with Crippen LogP contribution in [0.3, 0.4) is 0 Å². The van der Waals surface area contributed by atoms with Crippen LogP contribution in [0, 0.1) is 0 Å². The first-order chi connectivity index (χ1) is 10.3. The van der Waals surface area contributed by atoms with Crippen molar-refractivity contribution in [1.82, 2.24) is 0 Å². The van der Waals surface area contributed by atoms with Gasteiger partial charge in [0, 0.05) is 19.6 Å². The van der Waals surface area contributed by atoms with Gasteiger partial charge < -0.3 is 9.47 Å². The Bertz CT molecular complexity index is 549. The van der Waals surface area contributed by atoms with E-state index in [9.17, 15) is 0 Å². The molecule has 0 N–H and O–H groups in total. The lowest BCUT2D eigenvalue weighted by atomic mass is 9.96. The minimum atomic E-state index is 0.297. The number of hydrogen-bond acceptors (Lipinski definition) is 2. The van der Waals surface area contributed by atoms with Crippen LogP contribution in [-0.4, -0.2) is 13.7 Å². The molecule has 0 aliphatic heterocycles. The van der Waals surface area contributed by atoms with Crippen molar-refractivity contribution in [2.75, 3.05) is 13.7 Å². The van der Waals surface area contributed by atoms with Crippen molar-refractivity contribution in [2.45, 2.75) is 18.9 Å². The van der Waals surface area contributed by atoms with E-state index >= 15 is 0 Å².